The van der Waals surface area contributed by atoms with Crippen molar-refractivity contribution in [2.45, 2.75) is 46.0 Å². The SMILES string of the molecule is CCOc1ccccc1CC(=O)N1CCC2(CCC(=O)N(CC)C2)CC1. The first kappa shape index (κ1) is 18.7. The van der Waals surface area contributed by atoms with Crippen molar-refractivity contribution >= 4 is 11.8 Å². The van der Waals surface area contributed by atoms with Crippen LogP contribution < -0.4 is 4.74 Å². The van der Waals surface area contributed by atoms with Crippen molar-refractivity contribution in [2.75, 3.05) is 32.8 Å². The lowest BCUT2D eigenvalue weighted by atomic mass is 9.72. The van der Waals surface area contributed by atoms with Gasteiger partial charge in [0, 0.05) is 38.2 Å². The Morgan fingerprint density at radius 1 is 1.15 bits per heavy atom. The Balaban J connectivity index is 1.58. The third-order valence-corrected chi connectivity index (χ3v) is 5.92. The van der Waals surface area contributed by atoms with E-state index in [-0.39, 0.29) is 17.2 Å². The molecule has 0 aromatic heterocycles. The molecule has 2 fully saturated rings. The summed E-state index contributed by atoms with van der Waals surface area (Å²) < 4.78 is 5.64. The summed E-state index contributed by atoms with van der Waals surface area (Å²) in [7, 11) is 0. The summed E-state index contributed by atoms with van der Waals surface area (Å²) in [6, 6.07) is 7.79. The summed E-state index contributed by atoms with van der Waals surface area (Å²) in [6.07, 6.45) is 4.01. The molecule has 1 aromatic rings. The molecule has 142 valence electrons. The van der Waals surface area contributed by atoms with E-state index in [0.717, 1.165) is 56.8 Å². The Kier molecular flexibility index (Phi) is 5.84. The number of ether oxygens (including phenoxy) is 1. The highest BCUT2D eigenvalue weighted by molar-refractivity contribution is 5.80. The summed E-state index contributed by atoms with van der Waals surface area (Å²) in [4.78, 5) is 28.7. The van der Waals surface area contributed by atoms with Crippen LogP contribution >= 0.6 is 0 Å². The predicted molar refractivity (Wildman–Crippen MR) is 101 cm³/mol. The van der Waals surface area contributed by atoms with Gasteiger partial charge in [0.25, 0.3) is 0 Å². The van der Waals surface area contributed by atoms with Crippen LogP contribution in [-0.2, 0) is 16.0 Å². The van der Waals surface area contributed by atoms with Crippen LogP contribution in [-0.4, -0.2) is 54.4 Å². The first-order valence-electron chi connectivity index (χ1n) is 9.83. The number of carbonyl (C=O) groups excluding carboxylic acids is 2. The standard InChI is InChI=1S/C21H30N2O3/c1-3-22-16-21(10-9-19(22)24)11-13-23(14-12-21)20(25)15-17-7-5-6-8-18(17)26-4-2/h5-8H,3-4,9-16H2,1-2H3. The topological polar surface area (TPSA) is 49.9 Å². The lowest BCUT2D eigenvalue weighted by molar-refractivity contribution is -0.142. The van der Waals surface area contributed by atoms with Gasteiger partial charge < -0.3 is 14.5 Å². The van der Waals surface area contributed by atoms with Gasteiger partial charge in [0.2, 0.25) is 11.8 Å². The minimum Gasteiger partial charge on any atom is -0.494 e. The van der Waals surface area contributed by atoms with Crippen LogP contribution in [0.1, 0.15) is 45.1 Å². The summed E-state index contributed by atoms with van der Waals surface area (Å²) >= 11 is 0. The van der Waals surface area contributed by atoms with Gasteiger partial charge in [-0.1, -0.05) is 18.2 Å². The molecule has 2 saturated heterocycles. The molecule has 26 heavy (non-hydrogen) atoms. The number of hydrogen-bond acceptors (Lipinski definition) is 3. The second-order valence-electron chi connectivity index (χ2n) is 7.51. The minimum atomic E-state index is 0.172. The summed E-state index contributed by atoms with van der Waals surface area (Å²) in [5.41, 5.74) is 1.17. The summed E-state index contributed by atoms with van der Waals surface area (Å²) in [5, 5.41) is 0. The van der Waals surface area contributed by atoms with Crippen molar-refractivity contribution in [3.63, 3.8) is 0 Å². The molecule has 3 rings (SSSR count). The second-order valence-corrected chi connectivity index (χ2v) is 7.51. The van der Waals surface area contributed by atoms with E-state index in [9.17, 15) is 9.59 Å². The quantitative estimate of drug-likeness (QED) is 0.813. The molecule has 5 nitrogen and oxygen atoms in total. The molecular weight excluding hydrogens is 328 g/mol. The maximum atomic E-state index is 12.8. The highest BCUT2D eigenvalue weighted by atomic mass is 16.5. The van der Waals surface area contributed by atoms with Gasteiger partial charge in [-0.25, -0.2) is 0 Å². The number of carbonyl (C=O) groups is 2. The zero-order chi connectivity index (χ0) is 18.6. The molecule has 1 spiro atoms. The highest BCUT2D eigenvalue weighted by Gasteiger charge is 2.41. The van der Waals surface area contributed by atoms with E-state index in [1.165, 1.54) is 0 Å². The summed E-state index contributed by atoms with van der Waals surface area (Å²) in [5.74, 6) is 1.26. The third-order valence-electron chi connectivity index (χ3n) is 5.92. The molecule has 2 heterocycles. The zero-order valence-corrected chi connectivity index (χ0v) is 16.0. The summed E-state index contributed by atoms with van der Waals surface area (Å²) in [6.45, 7) is 7.84. The Labute approximate surface area is 156 Å². The molecule has 0 saturated carbocycles. The first-order chi connectivity index (χ1) is 12.6. The molecule has 2 amide bonds. The van der Waals surface area contributed by atoms with Crippen molar-refractivity contribution < 1.29 is 14.3 Å². The molecule has 0 radical (unpaired) electrons. The van der Waals surface area contributed by atoms with Crippen LogP contribution in [0.5, 0.6) is 5.75 Å². The van der Waals surface area contributed by atoms with Gasteiger partial charge in [0.1, 0.15) is 5.75 Å². The van der Waals surface area contributed by atoms with Crippen LogP contribution in [0, 0.1) is 5.41 Å². The zero-order valence-electron chi connectivity index (χ0n) is 16.0. The van der Waals surface area contributed by atoms with Gasteiger partial charge in [-0.05, 0) is 44.6 Å². The Morgan fingerprint density at radius 2 is 1.88 bits per heavy atom. The molecule has 1 aromatic carbocycles. The van der Waals surface area contributed by atoms with Gasteiger partial charge in [0.05, 0.1) is 13.0 Å². The molecule has 0 unspecified atom stereocenters. The van der Waals surface area contributed by atoms with Crippen molar-refractivity contribution in [1.29, 1.82) is 0 Å². The van der Waals surface area contributed by atoms with E-state index in [4.69, 9.17) is 4.74 Å². The van der Waals surface area contributed by atoms with Crippen LogP contribution in [0.15, 0.2) is 24.3 Å². The van der Waals surface area contributed by atoms with Crippen LogP contribution in [0.4, 0.5) is 0 Å². The second kappa shape index (κ2) is 8.11. The van der Waals surface area contributed by atoms with E-state index >= 15 is 0 Å². The maximum Gasteiger partial charge on any atom is 0.227 e. The maximum absolute atomic E-state index is 12.8. The normalized spacial score (nSPS) is 19.7. The lowest BCUT2D eigenvalue weighted by Crippen LogP contribution is -2.52. The van der Waals surface area contributed by atoms with Gasteiger partial charge in [-0.2, -0.15) is 0 Å². The van der Waals surface area contributed by atoms with Gasteiger partial charge >= 0.3 is 0 Å². The van der Waals surface area contributed by atoms with Gasteiger partial charge in [-0.3, -0.25) is 9.59 Å². The van der Waals surface area contributed by atoms with Crippen LogP contribution in [0.2, 0.25) is 0 Å². The Bertz CT molecular complexity index is 650. The van der Waals surface area contributed by atoms with Crippen molar-refractivity contribution in [2.24, 2.45) is 5.41 Å². The molecule has 0 atom stereocenters. The average Bonchev–Trinajstić information content (AvgIpc) is 2.66. The number of nitrogens with zero attached hydrogens (tertiary/aromatic N) is 2. The highest BCUT2D eigenvalue weighted by Crippen LogP contribution is 2.40. The van der Waals surface area contributed by atoms with Crippen molar-refractivity contribution in [3.05, 3.63) is 29.8 Å². The molecule has 0 N–H and O–H groups in total. The molecular formula is C21H30N2O3. The number of benzene rings is 1. The smallest absolute Gasteiger partial charge is 0.227 e. The van der Waals surface area contributed by atoms with Gasteiger partial charge in [0.15, 0.2) is 0 Å². The Hall–Kier alpha value is -2.04. The number of likely N-dealkylation sites (tertiary alicyclic amines) is 2. The number of hydrogen-bond donors (Lipinski definition) is 0. The van der Waals surface area contributed by atoms with E-state index in [1.54, 1.807) is 0 Å². The van der Waals surface area contributed by atoms with E-state index in [1.807, 2.05) is 47.9 Å². The fraction of sp³-hybridized carbons (Fsp3) is 0.619. The van der Waals surface area contributed by atoms with E-state index in [0.29, 0.717) is 19.4 Å². The molecule has 0 aliphatic carbocycles. The predicted octanol–water partition coefficient (Wildman–Crippen LogP) is 2.88. The third kappa shape index (κ3) is 4.02. The van der Waals surface area contributed by atoms with E-state index in [2.05, 4.69) is 0 Å². The molecule has 5 heteroatoms. The molecule has 2 aliphatic heterocycles. The molecule has 0 bridgehead atoms. The first-order valence-corrected chi connectivity index (χ1v) is 9.83. The monoisotopic (exact) mass is 358 g/mol. The fourth-order valence-electron chi connectivity index (χ4n) is 4.25. The van der Waals surface area contributed by atoms with E-state index < -0.39 is 0 Å². The Morgan fingerprint density at radius 3 is 2.58 bits per heavy atom. The van der Waals surface area contributed by atoms with Crippen molar-refractivity contribution in [3.8, 4) is 5.75 Å². The minimum absolute atomic E-state index is 0.172. The number of para-hydroxylation sites is 1. The lowest BCUT2D eigenvalue weighted by Gasteiger charge is -2.47. The number of amides is 2. The number of rotatable bonds is 5. The fourth-order valence-corrected chi connectivity index (χ4v) is 4.25. The van der Waals surface area contributed by atoms with Crippen LogP contribution in [0.3, 0.4) is 0 Å². The molecule has 2 aliphatic rings. The average molecular weight is 358 g/mol. The van der Waals surface area contributed by atoms with Crippen LogP contribution in [0.25, 0.3) is 0 Å². The number of piperidine rings is 2. The largest absolute Gasteiger partial charge is 0.494 e. The van der Waals surface area contributed by atoms with Crippen molar-refractivity contribution in [1.82, 2.24) is 9.80 Å². The van der Waals surface area contributed by atoms with Gasteiger partial charge in [-0.15, -0.1) is 0 Å².